The van der Waals surface area contributed by atoms with Gasteiger partial charge in [0, 0.05) is 6.92 Å². The molecular weight excluding hydrogens is 288 g/mol. The molecule has 6 heteroatoms. The molecule has 0 unspecified atom stereocenters. The molecule has 0 atom stereocenters. The molecule has 0 aliphatic carbocycles. The van der Waals surface area contributed by atoms with Crippen LogP contribution in [0.4, 0.5) is 0 Å². The van der Waals surface area contributed by atoms with E-state index in [2.05, 4.69) is 0 Å². The standard InChI is InChI=1S/C16H12O6/c1-10(17)21-13-6-3-5-12(9-13)16(20)22-14-7-2-4-11(8-14)15(18)19/h2-9H,1H3,(H,18,19). The van der Waals surface area contributed by atoms with Gasteiger partial charge in [0.25, 0.3) is 0 Å². The average molecular weight is 300 g/mol. The van der Waals surface area contributed by atoms with Gasteiger partial charge in [-0.2, -0.15) is 0 Å². The summed E-state index contributed by atoms with van der Waals surface area (Å²) in [6.45, 7) is 1.25. The minimum atomic E-state index is -1.12. The zero-order valence-electron chi connectivity index (χ0n) is 11.6. The second-order valence-electron chi connectivity index (χ2n) is 4.34. The number of benzene rings is 2. The van der Waals surface area contributed by atoms with Crippen LogP contribution in [0.1, 0.15) is 27.6 Å². The fourth-order valence-electron chi connectivity index (χ4n) is 1.71. The molecule has 0 heterocycles. The third-order valence-electron chi connectivity index (χ3n) is 2.62. The predicted molar refractivity (Wildman–Crippen MR) is 76.1 cm³/mol. The van der Waals surface area contributed by atoms with E-state index < -0.39 is 17.9 Å². The molecule has 0 radical (unpaired) electrons. The second-order valence-corrected chi connectivity index (χ2v) is 4.34. The molecule has 2 aromatic rings. The van der Waals surface area contributed by atoms with Gasteiger partial charge in [-0.3, -0.25) is 4.79 Å². The lowest BCUT2D eigenvalue weighted by molar-refractivity contribution is -0.131. The fourth-order valence-corrected chi connectivity index (χ4v) is 1.71. The summed E-state index contributed by atoms with van der Waals surface area (Å²) >= 11 is 0. The maximum Gasteiger partial charge on any atom is 0.343 e. The van der Waals surface area contributed by atoms with Gasteiger partial charge in [0.2, 0.25) is 0 Å². The molecule has 0 saturated carbocycles. The predicted octanol–water partition coefficient (Wildman–Crippen LogP) is 2.53. The van der Waals surface area contributed by atoms with Crippen molar-refractivity contribution in [2.24, 2.45) is 0 Å². The normalized spacial score (nSPS) is 9.86. The Hall–Kier alpha value is -3.15. The van der Waals surface area contributed by atoms with Gasteiger partial charge in [-0.05, 0) is 36.4 Å². The summed E-state index contributed by atoms with van der Waals surface area (Å²) in [7, 11) is 0. The summed E-state index contributed by atoms with van der Waals surface area (Å²) in [6, 6.07) is 11.5. The van der Waals surface area contributed by atoms with Crippen LogP contribution in [0, 0.1) is 0 Å². The maximum atomic E-state index is 12.0. The number of carbonyl (C=O) groups is 3. The minimum Gasteiger partial charge on any atom is -0.478 e. The van der Waals surface area contributed by atoms with E-state index in [1.807, 2.05) is 0 Å². The van der Waals surface area contributed by atoms with Gasteiger partial charge in [-0.15, -0.1) is 0 Å². The summed E-state index contributed by atoms with van der Waals surface area (Å²) in [5.74, 6) is -1.96. The Morgan fingerprint density at radius 2 is 1.41 bits per heavy atom. The first kappa shape index (κ1) is 15.2. The molecule has 0 bridgehead atoms. The van der Waals surface area contributed by atoms with Crippen molar-refractivity contribution in [3.05, 3.63) is 59.7 Å². The second kappa shape index (κ2) is 6.53. The van der Waals surface area contributed by atoms with Crippen molar-refractivity contribution in [3.63, 3.8) is 0 Å². The lowest BCUT2D eigenvalue weighted by Gasteiger charge is -2.06. The van der Waals surface area contributed by atoms with E-state index in [1.54, 1.807) is 6.07 Å². The molecule has 0 aliphatic heterocycles. The Morgan fingerprint density at radius 1 is 0.864 bits per heavy atom. The third kappa shape index (κ3) is 3.92. The number of hydrogen-bond donors (Lipinski definition) is 1. The van der Waals surface area contributed by atoms with Gasteiger partial charge >= 0.3 is 17.9 Å². The van der Waals surface area contributed by atoms with Gasteiger partial charge in [0.05, 0.1) is 11.1 Å². The van der Waals surface area contributed by atoms with E-state index in [0.717, 1.165) is 0 Å². The molecule has 0 spiro atoms. The van der Waals surface area contributed by atoms with Gasteiger partial charge in [-0.25, -0.2) is 9.59 Å². The van der Waals surface area contributed by atoms with Crippen molar-refractivity contribution in [1.29, 1.82) is 0 Å². The van der Waals surface area contributed by atoms with Crippen molar-refractivity contribution in [3.8, 4) is 11.5 Å². The molecule has 0 saturated heterocycles. The van der Waals surface area contributed by atoms with Crippen molar-refractivity contribution in [1.82, 2.24) is 0 Å². The number of carboxylic acid groups (broad SMARTS) is 1. The molecule has 22 heavy (non-hydrogen) atoms. The molecule has 0 aliphatic rings. The molecule has 0 amide bonds. The molecule has 2 rings (SSSR count). The van der Waals surface area contributed by atoms with Gasteiger partial charge in [0.15, 0.2) is 0 Å². The number of carbonyl (C=O) groups excluding carboxylic acids is 2. The molecule has 112 valence electrons. The highest BCUT2D eigenvalue weighted by Gasteiger charge is 2.12. The number of rotatable bonds is 4. The lowest BCUT2D eigenvalue weighted by atomic mass is 10.2. The van der Waals surface area contributed by atoms with Crippen LogP contribution in [-0.4, -0.2) is 23.0 Å². The Morgan fingerprint density at radius 3 is 2.00 bits per heavy atom. The number of hydrogen-bond acceptors (Lipinski definition) is 5. The van der Waals surface area contributed by atoms with Crippen LogP contribution in [0.5, 0.6) is 11.5 Å². The van der Waals surface area contributed by atoms with Gasteiger partial charge in [-0.1, -0.05) is 12.1 Å². The van der Waals surface area contributed by atoms with Crippen LogP contribution in [0.25, 0.3) is 0 Å². The van der Waals surface area contributed by atoms with Crippen molar-refractivity contribution >= 4 is 17.9 Å². The molecular formula is C16H12O6. The Balaban J connectivity index is 2.17. The average Bonchev–Trinajstić information content (AvgIpc) is 2.47. The molecule has 1 N–H and O–H groups in total. The summed E-state index contributed by atoms with van der Waals surface area (Å²) < 4.78 is 9.99. The number of esters is 2. The van der Waals surface area contributed by atoms with E-state index >= 15 is 0 Å². The zero-order chi connectivity index (χ0) is 16.1. The van der Waals surface area contributed by atoms with Crippen LogP contribution in [0.2, 0.25) is 0 Å². The molecule has 6 nitrogen and oxygen atoms in total. The first-order chi connectivity index (χ1) is 10.5. The summed E-state index contributed by atoms with van der Waals surface area (Å²) in [4.78, 5) is 33.8. The molecule has 0 aromatic heterocycles. The largest absolute Gasteiger partial charge is 0.478 e. The summed E-state index contributed by atoms with van der Waals surface area (Å²) in [6.07, 6.45) is 0. The van der Waals surface area contributed by atoms with Crippen LogP contribution < -0.4 is 9.47 Å². The van der Waals surface area contributed by atoms with Crippen molar-refractivity contribution in [2.75, 3.05) is 0 Å². The summed E-state index contributed by atoms with van der Waals surface area (Å²) in [5.41, 5.74) is 0.193. The lowest BCUT2D eigenvalue weighted by Crippen LogP contribution is -2.10. The first-order valence-electron chi connectivity index (χ1n) is 6.30. The van der Waals surface area contributed by atoms with Crippen LogP contribution in [0.15, 0.2) is 48.5 Å². The number of ether oxygens (including phenoxy) is 2. The highest BCUT2D eigenvalue weighted by molar-refractivity contribution is 5.92. The molecule has 0 fully saturated rings. The van der Waals surface area contributed by atoms with Gasteiger partial charge in [0.1, 0.15) is 11.5 Å². The quantitative estimate of drug-likeness (QED) is 0.689. The van der Waals surface area contributed by atoms with Gasteiger partial charge < -0.3 is 14.6 Å². The van der Waals surface area contributed by atoms with Crippen LogP contribution >= 0.6 is 0 Å². The highest BCUT2D eigenvalue weighted by atomic mass is 16.5. The maximum absolute atomic E-state index is 12.0. The number of carboxylic acids is 1. The van der Waals surface area contributed by atoms with E-state index in [0.29, 0.717) is 0 Å². The Kier molecular flexibility index (Phi) is 4.53. The van der Waals surface area contributed by atoms with E-state index in [1.165, 1.54) is 49.4 Å². The first-order valence-corrected chi connectivity index (χ1v) is 6.30. The SMILES string of the molecule is CC(=O)Oc1cccc(C(=O)Oc2cccc(C(=O)O)c2)c1. The third-order valence-corrected chi connectivity index (χ3v) is 2.62. The van der Waals surface area contributed by atoms with Crippen LogP contribution in [0.3, 0.4) is 0 Å². The van der Waals surface area contributed by atoms with E-state index in [9.17, 15) is 14.4 Å². The zero-order valence-corrected chi connectivity index (χ0v) is 11.6. The number of aromatic carboxylic acids is 1. The van der Waals surface area contributed by atoms with Crippen molar-refractivity contribution in [2.45, 2.75) is 6.92 Å². The smallest absolute Gasteiger partial charge is 0.343 e. The Bertz CT molecular complexity index is 735. The fraction of sp³-hybridized carbons (Fsp3) is 0.0625. The topological polar surface area (TPSA) is 89.9 Å². The molecule has 2 aromatic carbocycles. The highest BCUT2D eigenvalue weighted by Crippen LogP contribution is 2.18. The summed E-state index contributed by atoms with van der Waals surface area (Å²) in [5, 5.41) is 8.89. The minimum absolute atomic E-state index is 0.0129. The van der Waals surface area contributed by atoms with Crippen molar-refractivity contribution < 1.29 is 29.0 Å². The monoisotopic (exact) mass is 300 g/mol. The van der Waals surface area contributed by atoms with E-state index in [-0.39, 0.29) is 22.6 Å². The van der Waals surface area contributed by atoms with E-state index in [4.69, 9.17) is 14.6 Å². The van der Waals surface area contributed by atoms with Crippen LogP contribution in [-0.2, 0) is 4.79 Å². The Labute approximate surface area is 125 Å².